The van der Waals surface area contributed by atoms with Gasteiger partial charge in [0.1, 0.15) is 5.75 Å². The second-order valence-electron chi connectivity index (χ2n) is 5.53. The fourth-order valence-corrected chi connectivity index (χ4v) is 3.06. The Morgan fingerprint density at radius 2 is 2.00 bits per heavy atom. The first-order valence-electron chi connectivity index (χ1n) is 7.40. The number of methoxy groups -OCH3 is 1. The van der Waals surface area contributed by atoms with E-state index in [9.17, 15) is 4.79 Å². The summed E-state index contributed by atoms with van der Waals surface area (Å²) in [4.78, 5) is 12.3. The van der Waals surface area contributed by atoms with Crippen LogP contribution in [-0.4, -0.2) is 13.0 Å². The highest BCUT2D eigenvalue weighted by Gasteiger charge is 2.13. The van der Waals surface area contributed by atoms with Gasteiger partial charge in [-0.2, -0.15) is 0 Å². The zero-order valence-corrected chi connectivity index (χ0v) is 13.2. The van der Waals surface area contributed by atoms with Gasteiger partial charge < -0.3 is 10.1 Å². The van der Waals surface area contributed by atoms with Gasteiger partial charge in [-0.15, -0.1) is 0 Å². The summed E-state index contributed by atoms with van der Waals surface area (Å²) < 4.78 is 5.24. The smallest absolute Gasteiger partial charge is 0.228 e. The lowest BCUT2D eigenvalue weighted by molar-refractivity contribution is -0.115. The predicted octanol–water partition coefficient (Wildman–Crippen LogP) is 4.02. The molecule has 0 fully saturated rings. The maximum Gasteiger partial charge on any atom is 0.228 e. The van der Waals surface area contributed by atoms with E-state index in [1.165, 1.54) is 17.5 Å². The molecule has 1 N–H and O–H groups in total. The molecule has 0 heterocycles. The van der Waals surface area contributed by atoms with Crippen LogP contribution < -0.4 is 10.1 Å². The average Bonchev–Trinajstić information content (AvgIpc) is 2.95. The number of aryl methyl sites for hydroxylation is 2. The van der Waals surface area contributed by atoms with E-state index in [0.717, 1.165) is 18.4 Å². The standard InChI is InChI=1S/C18H18ClNO2/c1-22-17-8-7-15(19)11-16(17)20-18(21)10-12-5-6-13-3-2-4-14(13)9-12/h5-9,11H,2-4,10H2,1H3,(H,20,21). The summed E-state index contributed by atoms with van der Waals surface area (Å²) in [7, 11) is 1.57. The molecule has 0 saturated carbocycles. The number of anilines is 1. The Morgan fingerprint density at radius 3 is 2.82 bits per heavy atom. The molecule has 0 spiro atoms. The number of fused-ring (bicyclic) bond motifs is 1. The number of amides is 1. The zero-order valence-electron chi connectivity index (χ0n) is 12.5. The highest BCUT2D eigenvalue weighted by atomic mass is 35.5. The van der Waals surface area contributed by atoms with Gasteiger partial charge in [-0.3, -0.25) is 4.79 Å². The molecule has 0 aliphatic heterocycles. The summed E-state index contributed by atoms with van der Waals surface area (Å²) in [5.41, 5.74) is 4.44. The van der Waals surface area contributed by atoms with Crippen molar-refractivity contribution in [1.82, 2.24) is 0 Å². The van der Waals surface area contributed by atoms with Crippen LogP contribution in [0, 0.1) is 0 Å². The Balaban J connectivity index is 1.71. The fraction of sp³-hybridized carbons (Fsp3) is 0.278. The highest BCUT2D eigenvalue weighted by Crippen LogP contribution is 2.28. The fourth-order valence-electron chi connectivity index (χ4n) is 2.89. The van der Waals surface area contributed by atoms with Gasteiger partial charge in [0.2, 0.25) is 5.91 Å². The van der Waals surface area contributed by atoms with E-state index in [1.54, 1.807) is 25.3 Å². The molecule has 0 unspecified atom stereocenters. The van der Waals surface area contributed by atoms with Crippen molar-refractivity contribution in [2.75, 3.05) is 12.4 Å². The number of ether oxygens (including phenoxy) is 1. The average molecular weight is 316 g/mol. The molecule has 3 rings (SSSR count). The van der Waals surface area contributed by atoms with Crippen molar-refractivity contribution < 1.29 is 9.53 Å². The van der Waals surface area contributed by atoms with Crippen molar-refractivity contribution in [2.24, 2.45) is 0 Å². The molecular weight excluding hydrogens is 298 g/mol. The molecule has 1 aliphatic carbocycles. The molecule has 0 bridgehead atoms. The van der Waals surface area contributed by atoms with Crippen LogP contribution in [0.3, 0.4) is 0 Å². The molecule has 4 heteroatoms. The summed E-state index contributed by atoms with van der Waals surface area (Å²) in [6.45, 7) is 0. The molecular formula is C18H18ClNO2. The first-order chi connectivity index (χ1) is 10.7. The SMILES string of the molecule is COc1ccc(Cl)cc1NC(=O)Cc1ccc2c(c1)CCC2. The second kappa shape index (κ2) is 6.41. The Hall–Kier alpha value is -2.00. The summed E-state index contributed by atoms with van der Waals surface area (Å²) in [5, 5.41) is 3.43. The van der Waals surface area contributed by atoms with Gasteiger partial charge in [-0.25, -0.2) is 0 Å². The third-order valence-corrected chi connectivity index (χ3v) is 4.20. The zero-order chi connectivity index (χ0) is 15.5. The molecule has 114 valence electrons. The van der Waals surface area contributed by atoms with Crippen molar-refractivity contribution in [1.29, 1.82) is 0 Å². The topological polar surface area (TPSA) is 38.3 Å². The van der Waals surface area contributed by atoms with Crippen LogP contribution in [0.15, 0.2) is 36.4 Å². The van der Waals surface area contributed by atoms with Gasteiger partial charge in [0.25, 0.3) is 0 Å². The highest BCUT2D eigenvalue weighted by molar-refractivity contribution is 6.31. The molecule has 1 amide bonds. The van der Waals surface area contributed by atoms with Crippen LogP contribution in [-0.2, 0) is 24.1 Å². The summed E-state index contributed by atoms with van der Waals surface area (Å²) in [5.74, 6) is 0.533. The maximum atomic E-state index is 12.3. The Kier molecular flexibility index (Phi) is 4.34. The van der Waals surface area contributed by atoms with Crippen molar-refractivity contribution in [3.8, 4) is 5.75 Å². The van der Waals surface area contributed by atoms with Gasteiger partial charge in [-0.1, -0.05) is 29.8 Å². The minimum atomic E-state index is -0.0708. The van der Waals surface area contributed by atoms with Crippen molar-refractivity contribution in [3.63, 3.8) is 0 Å². The lowest BCUT2D eigenvalue weighted by Gasteiger charge is -2.11. The van der Waals surface area contributed by atoms with E-state index >= 15 is 0 Å². The minimum absolute atomic E-state index is 0.0708. The van der Waals surface area contributed by atoms with Gasteiger partial charge in [0.15, 0.2) is 0 Å². The molecule has 22 heavy (non-hydrogen) atoms. The van der Waals surface area contributed by atoms with E-state index in [2.05, 4.69) is 17.4 Å². The molecule has 0 radical (unpaired) electrons. The number of hydrogen-bond acceptors (Lipinski definition) is 2. The molecule has 2 aromatic carbocycles. The van der Waals surface area contributed by atoms with Crippen LogP contribution in [0.1, 0.15) is 23.1 Å². The normalized spacial score (nSPS) is 12.8. The van der Waals surface area contributed by atoms with Crippen LogP contribution in [0.25, 0.3) is 0 Å². The van der Waals surface area contributed by atoms with Crippen LogP contribution in [0.5, 0.6) is 5.75 Å². The predicted molar refractivity (Wildman–Crippen MR) is 88.8 cm³/mol. The second-order valence-corrected chi connectivity index (χ2v) is 5.96. The van der Waals surface area contributed by atoms with E-state index in [1.807, 2.05) is 6.07 Å². The number of nitrogens with one attached hydrogen (secondary N) is 1. The van der Waals surface area contributed by atoms with Crippen LogP contribution in [0.4, 0.5) is 5.69 Å². The Morgan fingerprint density at radius 1 is 1.18 bits per heavy atom. The first-order valence-corrected chi connectivity index (χ1v) is 7.77. The minimum Gasteiger partial charge on any atom is -0.495 e. The van der Waals surface area contributed by atoms with E-state index in [-0.39, 0.29) is 5.91 Å². The third-order valence-electron chi connectivity index (χ3n) is 3.96. The Bertz CT molecular complexity index is 712. The van der Waals surface area contributed by atoms with Crippen molar-refractivity contribution >= 4 is 23.2 Å². The van der Waals surface area contributed by atoms with Gasteiger partial charge in [0.05, 0.1) is 19.2 Å². The summed E-state index contributed by atoms with van der Waals surface area (Å²) in [6.07, 6.45) is 3.84. The van der Waals surface area contributed by atoms with Crippen LogP contribution in [0.2, 0.25) is 5.02 Å². The quantitative estimate of drug-likeness (QED) is 0.925. The molecule has 3 nitrogen and oxygen atoms in total. The Labute approximate surface area is 135 Å². The number of carbonyl (C=O) groups excluding carboxylic acids is 1. The van der Waals surface area contributed by atoms with Crippen molar-refractivity contribution in [3.05, 3.63) is 58.1 Å². The summed E-state index contributed by atoms with van der Waals surface area (Å²) in [6, 6.07) is 11.5. The number of halogens is 1. The molecule has 0 aromatic heterocycles. The molecule has 2 aromatic rings. The van der Waals surface area contributed by atoms with Gasteiger partial charge in [0, 0.05) is 5.02 Å². The largest absolute Gasteiger partial charge is 0.495 e. The first kappa shape index (κ1) is 14.9. The summed E-state index contributed by atoms with van der Waals surface area (Å²) >= 11 is 5.97. The van der Waals surface area contributed by atoms with E-state index < -0.39 is 0 Å². The number of hydrogen-bond donors (Lipinski definition) is 1. The number of rotatable bonds is 4. The lowest BCUT2D eigenvalue weighted by Crippen LogP contribution is -2.15. The van der Waals surface area contributed by atoms with Crippen molar-refractivity contribution in [2.45, 2.75) is 25.7 Å². The monoisotopic (exact) mass is 315 g/mol. The molecule has 1 aliphatic rings. The molecule has 0 saturated heterocycles. The number of carbonyl (C=O) groups is 1. The van der Waals surface area contributed by atoms with E-state index in [4.69, 9.17) is 16.3 Å². The van der Waals surface area contributed by atoms with Crippen LogP contribution >= 0.6 is 11.6 Å². The third kappa shape index (κ3) is 3.25. The molecule has 0 atom stereocenters. The van der Waals surface area contributed by atoms with Gasteiger partial charge in [-0.05, 0) is 54.2 Å². The lowest BCUT2D eigenvalue weighted by atomic mass is 10.0. The number of benzene rings is 2. The maximum absolute atomic E-state index is 12.3. The van der Waals surface area contributed by atoms with Gasteiger partial charge >= 0.3 is 0 Å². The van der Waals surface area contributed by atoms with E-state index in [0.29, 0.717) is 22.9 Å².